The lowest BCUT2D eigenvalue weighted by Gasteiger charge is -2.11. The fraction of sp³-hybridized carbons (Fsp3) is 0.538. The molecule has 4 nitrogen and oxygen atoms in total. The van der Waals surface area contributed by atoms with Crippen molar-refractivity contribution in [3.63, 3.8) is 0 Å². The quantitative estimate of drug-likeness (QED) is 0.843. The minimum absolute atomic E-state index is 0.157. The van der Waals surface area contributed by atoms with Gasteiger partial charge in [0, 0.05) is 12.7 Å². The molecule has 1 fully saturated rings. The molecule has 92 valence electrons. The number of nitrogens with one attached hydrogen (secondary N) is 2. The number of aryl methyl sites for hydroxylation is 1. The maximum Gasteiger partial charge on any atom is 0.320 e. The lowest BCUT2D eigenvalue weighted by molar-refractivity contribution is 0.250. The molecule has 1 heterocycles. The Hall–Kier alpha value is -1.58. The summed E-state index contributed by atoms with van der Waals surface area (Å²) in [5.41, 5.74) is 1.09. The Balaban J connectivity index is 1.76. The van der Waals surface area contributed by atoms with Gasteiger partial charge in [0.15, 0.2) is 0 Å². The van der Waals surface area contributed by atoms with Crippen LogP contribution in [0.1, 0.15) is 31.2 Å². The highest BCUT2D eigenvalue weighted by molar-refractivity contribution is 5.88. The maximum atomic E-state index is 11.6. The molecule has 0 aromatic carbocycles. The predicted octanol–water partition coefficient (Wildman–Crippen LogP) is 2.70. The molecule has 1 aliphatic rings. The number of aromatic nitrogens is 1. The average molecular weight is 233 g/mol. The van der Waals surface area contributed by atoms with Gasteiger partial charge in [-0.3, -0.25) is 5.32 Å². The average Bonchev–Trinajstić information content (AvgIpc) is 2.79. The number of nitrogens with zero attached hydrogens (tertiary/aromatic N) is 1. The third-order valence-electron chi connectivity index (χ3n) is 3.18. The summed E-state index contributed by atoms with van der Waals surface area (Å²) in [6, 6.07) is 3.60. The van der Waals surface area contributed by atoms with Crippen LogP contribution in [-0.2, 0) is 0 Å². The van der Waals surface area contributed by atoms with Gasteiger partial charge in [-0.25, -0.2) is 9.78 Å². The first-order valence-corrected chi connectivity index (χ1v) is 6.21. The zero-order valence-corrected chi connectivity index (χ0v) is 10.2. The van der Waals surface area contributed by atoms with E-state index in [1.165, 1.54) is 25.7 Å². The van der Waals surface area contributed by atoms with Crippen molar-refractivity contribution >= 4 is 11.8 Å². The molecule has 0 saturated heterocycles. The molecule has 17 heavy (non-hydrogen) atoms. The second kappa shape index (κ2) is 5.66. The van der Waals surface area contributed by atoms with E-state index in [9.17, 15) is 4.79 Å². The van der Waals surface area contributed by atoms with Crippen LogP contribution in [0, 0.1) is 12.8 Å². The van der Waals surface area contributed by atoms with E-state index in [4.69, 9.17) is 0 Å². The second-order valence-electron chi connectivity index (χ2n) is 4.70. The Bertz CT molecular complexity index is 386. The van der Waals surface area contributed by atoms with E-state index >= 15 is 0 Å². The van der Waals surface area contributed by atoms with Crippen LogP contribution in [0.5, 0.6) is 0 Å². The summed E-state index contributed by atoms with van der Waals surface area (Å²) in [4.78, 5) is 15.7. The van der Waals surface area contributed by atoms with Gasteiger partial charge in [-0.1, -0.05) is 12.8 Å². The van der Waals surface area contributed by atoms with E-state index in [1.807, 2.05) is 19.1 Å². The summed E-state index contributed by atoms with van der Waals surface area (Å²) in [6.07, 6.45) is 6.77. The fourth-order valence-corrected chi connectivity index (χ4v) is 2.22. The molecule has 1 saturated carbocycles. The SMILES string of the molecule is Cc1ccnc(NC(=O)NCC2CCCC2)c1. The van der Waals surface area contributed by atoms with Crippen LogP contribution < -0.4 is 10.6 Å². The summed E-state index contributed by atoms with van der Waals surface area (Å²) in [5, 5.41) is 5.65. The van der Waals surface area contributed by atoms with Crippen LogP contribution in [-0.4, -0.2) is 17.6 Å². The molecule has 1 aliphatic carbocycles. The summed E-state index contributed by atoms with van der Waals surface area (Å²) in [5.74, 6) is 1.26. The van der Waals surface area contributed by atoms with Gasteiger partial charge in [-0.05, 0) is 43.4 Å². The third-order valence-corrected chi connectivity index (χ3v) is 3.18. The molecule has 0 bridgehead atoms. The van der Waals surface area contributed by atoms with Crippen LogP contribution in [0.3, 0.4) is 0 Å². The van der Waals surface area contributed by atoms with Crippen molar-refractivity contribution in [3.05, 3.63) is 23.9 Å². The van der Waals surface area contributed by atoms with Gasteiger partial charge >= 0.3 is 6.03 Å². The molecule has 0 unspecified atom stereocenters. The van der Waals surface area contributed by atoms with Crippen LogP contribution in [0.15, 0.2) is 18.3 Å². The molecule has 1 aromatic rings. The minimum atomic E-state index is -0.157. The molecule has 2 rings (SSSR count). The first-order valence-electron chi connectivity index (χ1n) is 6.21. The summed E-state index contributed by atoms with van der Waals surface area (Å²) in [7, 11) is 0. The molecule has 2 amide bonds. The monoisotopic (exact) mass is 233 g/mol. The lowest BCUT2D eigenvalue weighted by Crippen LogP contribution is -2.32. The molecule has 0 radical (unpaired) electrons. The van der Waals surface area contributed by atoms with Crippen molar-refractivity contribution in [2.45, 2.75) is 32.6 Å². The Morgan fingerprint density at radius 1 is 1.47 bits per heavy atom. The van der Waals surface area contributed by atoms with Crippen LogP contribution >= 0.6 is 0 Å². The van der Waals surface area contributed by atoms with Gasteiger partial charge in [0.05, 0.1) is 0 Å². The fourth-order valence-electron chi connectivity index (χ4n) is 2.22. The number of hydrogen-bond acceptors (Lipinski definition) is 2. The standard InChI is InChI=1S/C13H19N3O/c1-10-6-7-14-12(8-10)16-13(17)15-9-11-4-2-3-5-11/h6-8,11H,2-5,9H2,1H3,(H2,14,15,16,17). The smallest absolute Gasteiger partial charge is 0.320 e. The Morgan fingerprint density at radius 2 is 2.24 bits per heavy atom. The second-order valence-corrected chi connectivity index (χ2v) is 4.70. The lowest BCUT2D eigenvalue weighted by atomic mass is 10.1. The molecule has 2 N–H and O–H groups in total. The first-order chi connectivity index (χ1) is 8.24. The van der Waals surface area contributed by atoms with Crippen molar-refractivity contribution in [2.75, 3.05) is 11.9 Å². The zero-order chi connectivity index (χ0) is 12.1. The Kier molecular flexibility index (Phi) is 3.96. The Labute approximate surface area is 102 Å². The molecule has 0 aliphatic heterocycles. The predicted molar refractivity (Wildman–Crippen MR) is 68.0 cm³/mol. The highest BCUT2D eigenvalue weighted by Crippen LogP contribution is 2.23. The number of urea groups is 1. The zero-order valence-electron chi connectivity index (χ0n) is 10.2. The van der Waals surface area contributed by atoms with Crippen LogP contribution in [0.4, 0.5) is 10.6 Å². The topological polar surface area (TPSA) is 54.0 Å². The van der Waals surface area contributed by atoms with E-state index in [0.29, 0.717) is 11.7 Å². The van der Waals surface area contributed by atoms with E-state index in [-0.39, 0.29) is 6.03 Å². The molecular formula is C13H19N3O. The number of amides is 2. The van der Waals surface area contributed by atoms with Gasteiger partial charge in [-0.2, -0.15) is 0 Å². The normalized spacial score (nSPS) is 15.8. The van der Waals surface area contributed by atoms with Gasteiger partial charge in [-0.15, -0.1) is 0 Å². The van der Waals surface area contributed by atoms with Crippen LogP contribution in [0.2, 0.25) is 0 Å². The van der Waals surface area contributed by atoms with Crippen molar-refractivity contribution in [2.24, 2.45) is 5.92 Å². The maximum absolute atomic E-state index is 11.6. The summed E-state index contributed by atoms with van der Waals surface area (Å²) >= 11 is 0. The van der Waals surface area contributed by atoms with Gasteiger partial charge in [0.2, 0.25) is 0 Å². The van der Waals surface area contributed by atoms with E-state index < -0.39 is 0 Å². The number of anilines is 1. The number of hydrogen-bond donors (Lipinski definition) is 2. The van der Waals surface area contributed by atoms with Crippen molar-refractivity contribution in [1.29, 1.82) is 0 Å². The number of carbonyl (C=O) groups is 1. The first kappa shape index (κ1) is 11.9. The summed E-state index contributed by atoms with van der Waals surface area (Å²) in [6.45, 7) is 2.75. The molecule has 0 atom stereocenters. The molecule has 1 aromatic heterocycles. The van der Waals surface area contributed by atoms with E-state index in [1.54, 1.807) is 6.20 Å². The van der Waals surface area contributed by atoms with E-state index in [0.717, 1.165) is 12.1 Å². The van der Waals surface area contributed by atoms with Crippen molar-refractivity contribution in [1.82, 2.24) is 10.3 Å². The third kappa shape index (κ3) is 3.73. The van der Waals surface area contributed by atoms with E-state index in [2.05, 4.69) is 15.6 Å². The van der Waals surface area contributed by atoms with Crippen LogP contribution in [0.25, 0.3) is 0 Å². The Morgan fingerprint density at radius 3 is 2.94 bits per heavy atom. The van der Waals surface area contributed by atoms with Crippen molar-refractivity contribution < 1.29 is 4.79 Å². The largest absolute Gasteiger partial charge is 0.338 e. The summed E-state index contributed by atoms with van der Waals surface area (Å²) < 4.78 is 0. The highest BCUT2D eigenvalue weighted by Gasteiger charge is 2.15. The molecular weight excluding hydrogens is 214 g/mol. The number of carbonyl (C=O) groups excluding carboxylic acids is 1. The molecule has 0 spiro atoms. The van der Waals surface area contributed by atoms with Gasteiger partial charge in [0.1, 0.15) is 5.82 Å². The number of rotatable bonds is 3. The highest BCUT2D eigenvalue weighted by atomic mass is 16.2. The van der Waals surface area contributed by atoms with Gasteiger partial charge < -0.3 is 5.32 Å². The molecule has 4 heteroatoms. The number of pyridine rings is 1. The van der Waals surface area contributed by atoms with Gasteiger partial charge in [0.25, 0.3) is 0 Å². The van der Waals surface area contributed by atoms with Crippen molar-refractivity contribution in [3.8, 4) is 0 Å². The minimum Gasteiger partial charge on any atom is -0.338 e.